The number of hydrogen-bond donors (Lipinski definition) is 0. The van der Waals surface area contributed by atoms with E-state index in [2.05, 4.69) is 20.8 Å². The summed E-state index contributed by atoms with van der Waals surface area (Å²) in [6.45, 7) is 10.7. The lowest BCUT2D eigenvalue weighted by atomic mass is 10.4. The molecule has 23 heavy (non-hydrogen) atoms. The van der Waals surface area contributed by atoms with Crippen molar-refractivity contribution in [1.29, 1.82) is 0 Å². The van der Waals surface area contributed by atoms with Gasteiger partial charge in [0.2, 0.25) is 6.35 Å². The maximum absolute atomic E-state index is 13.0. The van der Waals surface area contributed by atoms with Crippen LogP contribution in [0.15, 0.2) is 12.4 Å². The number of unbranched alkanes of at least 4 members (excludes halogenated alkanes) is 2. The molecule has 0 fully saturated rings. The van der Waals surface area contributed by atoms with Crippen molar-refractivity contribution in [3.8, 4) is 0 Å². The minimum Gasteiger partial charge on any atom is -0.334 e. The summed E-state index contributed by atoms with van der Waals surface area (Å²) >= 11 is 0. The van der Waals surface area contributed by atoms with E-state index in [1.807, 2.05) is 29.1 Å². The van der Waals surface area contributed by atoms with Gasteiger partial charge in [-0.3, -0.25) is 9.05 Å². The highest BCUT2D eigenvalue weighted by Gasteiger charge is 2.36. The van der Waals surface area contributed by atoms with Gasteiger partial charge >= 0.3 is 7.82 Å². The first-order valence-electron chi connectivity index (χ1n) is 8.87. The van der Waals surface area contributed by atoms with Crippen LogP contribution < -0.4 is 0 Å². The number of hydrogen-bond acceptors (Lipinski definition) is 6. The van der Waals surface area contributed by atoms with Gasteiger partial charge in [0.25, 0.3) is 0 Å². The lowest BCUT2D eigenvalue weighted by Gasteiger charge is -2.33. The first-order chi connectivity index (χ1) is 11.1. The predicted octanol–water partition coefficient (Wildman–Crippen LogP) is 4.55. The van der Waals surface area contributed by atoms with Gasteiger partial charge in [-0.25, -0.2) is 9.09 Å². The minimum atomic E-state index is -3.56. The largest absolute Gasteiger partial charge is 0.478 e. The first kappa shape index (κ1) is 20.5. The van der Waals surface area contributed by atoms with Gasteiger partial charge in [0.05, 0.1) is 13.2 Å². The standard InChI is InChI=1S/C16H33N2O4P/c1-5-9-14-20-23(19,21-15-10-6-2)22-16-17(8-4)12-13-18(16)11-7-3/h12-13,16H,5-11,14-15H2,1-4H3. The highest BCUT2D eigenvalue weighted by Crippen LogP contribution is 2.52. The first-order valence-corrected chi connectivity index (χ1v) is 10.3. The van der Waals surface area contributed by atoms with Crippen molar-refractivity contribution in [2.75, 3.05) is 26.3 Å². The summed E-state index contributed by atoms with van der Waals surface area (Å²) in [6.07, 6.45) is 8.12. The predicted molar refractivity (Wildman–Crippen MR) is 92.7 cm³/mol. The highest BCUT2D eigenvalue weighted by molar-refractivity contribution is 7.48. The second-order valence-electron chi connectivity index (χ2n) is 5.62. The zero-order chi connectivity index (χ0) is 17.1. The van der Waals surface area contributed by atoms with E-state index in [1.165, 1.54) is 0 Å². The van der Waals surface area contributed by atoms with Crippen molar-refractivity contribution in [2.24, 2.45) is 0 Å². The van der Waals surface area contributed by atoms with Crippen molar-refractivity contribution < 1.29 is 18.1 Å². The summed E-state index contributed by atoms with van der Waals surface area (Å²) in [6, 6.07) is 0. The van der Waals surface area contributed by atoms with Crippen LogP contribution in [0.5, 0.6) is 0 Å². The number of phosphoric ester groups is 1. The molecular formula is C16H33N2O4P. The zero-order valence-electron chi connectivity index (χ0n) is 15.1. The summed E-state index contributed by atoms with van der Waals surface area (Å²) in [5.41, 5.74) is 0. The van der Waals surface area contributed by atoms with Gasteiger partial charge in [-0.1, -0.05) is 33.6 Å². The molecule has 1 atom stereocenters. The molecule has 1 aliphatic rings. The lowest BCUT2D eigenvalue weighted by Crippen LogP contribution is -2.40. The topological polar surface area (TPSA) is 51.2 Å². The fourth-order valence-electron chi connectivity index (χ4n) is 2.19. The molecule has 0 aliphatic carbocycles. The van der Waals surface area contributed by atoms with Crippen LogP contribution in [0, 0.1) is 0 Å². The Morgan fingerprint density at radius 3 is 1.96 bits per heavy atom. The van der Waals surface area contributed by atoms with E-state index in [4.69, 9.17) is 13.6 Å². The molecule has 0 bridgehead atoms. The molecule has 0 saturated carbocycles. The second kappa shape index (κ2) is 11.1. The molecule has 0 aromatic carbocycles. The number of phosphoric acid groups is 1. The molecule has 6 nitrogen and oxygen atoms in total. The summed E-state index contributed by atoms with van der Waals surface area (Å²) in [7, 11) is -3.56. The van der Waals surface area contributed by atoms with E-state index in [1.54, 1.807) is 0 Å². The molecule has 1 aliphatic heterocycles. The average molecular weight is 348 g/mol. The summed E-state index contributed by atoms with van der Waals surface area (Å²) in [5.74, 6) is 0. The molecule has 0 aromatic rings. The molecule has 136 valence electrons. The van der Waals surface area contributed by atoms with Crippen LogP contribution in [-0.4, -0.2) is 42.5 Å². The van der Waals surface area contributed by atoms with Crippen LogP contribution >= 0.6 is 7.82 Å². The van der Waals surface area contributed by atoms with Crippen LogP contribution in [-0.2, 0) is 18.1 Å². The van der Waals surface area contributed by atoms with E-state index in [9.17, 15) is 4.57 Å². The Morgan fingerprint density at radius 2 is 1.48 bits per heavy atom. The van der Waals surface area contributed by atoms with Crippen molar-refractivity contribution in [2.45, 2.75) is 66.2 Å². The Bertz CT molecular complexity index is 378. The van der Waals surface area contributed by atoms with Gasteiger partial charge in [0.1, 0.15) is 0 Å². The summed E-state index contributed by atoms with van der Waals surface area (Å²) < 4.78 is 29.9. The van der Waals surface area contributed by atoms with Gasteiger partial charge < -0.3 is 9.80 Å². The Morgan fingerprint density at radius 1 is 0.913 bits per heavy atom. The van der Waals surface area contributed by atoms with Crippen LogP contribution in [0.2, 0.25) is 0 Å². The lowest BCUT2D eigenvalue weighted by molar-refractivity contribution is -0.0532. The van der Waals surface area contributed by atoms with Crippen LogP contribution in [0.4, 0.5) is 0 Å². The monoisotopic (exact) mass is 348 g/mol. The molecule has 0 spiro atoms. The molecule has 0 saturated heterocycles. The molecule has 0 N–H and O–H groups in total. The Balaban J connectivity index is 2.73. The average Bonchev–Trinajstić information content (AvgIpc) is 2.90. The second-order valence-corrected chi connectivity index (χ2v) is 7.24. The molecule has 1 rings (SSSR count). The molecule has 1 unspecified atom stereocenters. The minimum absolute atomic E-state index is 0.389. The van der Waals surface area contributed by atoms with Crippen LogP contribution in [0.3, 0.4) is 0 Å². The SMILES string of the molecule is CCCCOP(=O)(OCCCC)OC1N(CC)C=CN1CCC. The Kier molecular flexibility index (Phi) is 9.88. The van der Waals surface area contributed by atoms with E-state index in [-0.39, 0.29) is 0 Å². The van der Waals surface area contributed by atoms with Crippen molar-refractivity contribution >= 4 is 7.82 Å². The fraction of sp³-hybridized carbons (Fsp3) is 0.875. The van der Waals surface area contributed by atoms with Gasteiger partial charge in [-0.05, 0) is 26.2 Å². The molecular weight excluding hydrogens is 315 g/mol. The number of nitrogens with zero attached hydrogens (tertiary/aromatic N) is 2. The molecule has 0 amide bonds. The highest BCUT2D eigenvalue weighted by atomic mass is 31.2. The third-order valence-corrected chi connectivity index (χ3v) is 5.03. The van der Waals surface area contributed by atoms with Gasteiger partial charge in [-0.2, -0.15) is 0 Å². The van der Waals surface area contributed by atoms with Crippen molar-refractivity contribution in [1.82, 2.24) is 9.80 Å². The maximum Gasteiger partial charge on any atom is 0.478 e. The third-order valence-electron chi connectivity index (χ3n) is 3.58. The van der Waals surface area contributed by atoms with E-state index in [0.29, 0.717) is 13.2 Å². The normalized spacial score (nSPS) is 18.2. The smallest absolute Gasteiger partial charge is 0.334 e. The Labute approximate surface area is 141 Å². The maximum atomic E-state index is 13.0. The van der Waals surface area contributed by atoms with E-state index >= 15 is 0 Å². The fourth-order valence-corrected chi connectivity index (χ4v) is 3.56. The zero-order valence-corrected chi connectivity index (χ0v) is 16.0. The van der Waals surface area contributed by atoms with Gasteiger partial charge in [0.15, 0.2) is 0 Å². The third kappa shape index (κ3) is 6.84. The molecule has 0 aromatic heterocycles. The molecule has 1 heterocycles. The van der Waals surface area contributed by atoms with E-state index in [0.717, 1.165) is 45.2 Å². The Hall–Kier alpha value is -0.550. The summed E-state index contributed by atoms with van der Waals surface area (Å²) in [5, 5.41) is 0. The van der Waals surface area contributed by atoms with Crippen molar-refractivity contribution in [3.05, 3.63) is 12.4 Å². The molecule has 7 heteroatoms. The quantitative estimate of drug-likeness (QED) is 0.360. The van der Waals surface area contributed by atoms with Crippen LogP contribution in [0.25, 0.3) is 0 Å². The molecule has 0 radical (unpaired) electrons. The summed E-state index contributed by atoms with van der Waals surface area (Å²) in [4.78, 5) is 4.02. The number of rotatable bonds is 13. The van der Waals surface area contributed by atoms with Crippen molar-refractivity contribution in [3.63, 3.8) is 0 Å². The van der Waals surface area contributed by atoms with Crippen LogP contribution in [0.1, 0.15) is 59.8 Å². The van der Waals surface area contributed by atoms with Gasteiger partial charge in [0, 0.05) is 25.5 Å². The van der Waals surface area contributed by atoms with Gasteiger partial charge in [-0.15, -0.1) is 0 Å². The van der Waals surface area contributed by atoms with E-state index < -0.39 is 14.2 Å².